The van der Waals surface area contributed by atoms with Gasteiger partial charge in [0.15, 0.2) is 0 Å². The van der Waals surface area contributed by atoms with Crippen LogP contribution < -0.4 is 10.6 Å². The number of aromatic nitrogens is 1. The van der Waals surface area contributed by atoms with E-state index in [4.69, 9.17) is 0 Å². The number of pyridine rings is 1. The number of hydrogen-bond donors (Lipinski definition) is 2. The van der Waals surface area contributed by atoms with E-state index >= 15 is 0 Å². The second-order valence-corrected chi connectivity index (χ2v) is 6.55. The van der Waals surface area contributed by atoms with Gasteiger partial charge in [-0.1, -0.05) is 36.4 Å². The first-order chi connectivity index (χ1) is 11.7. The minimum absolute atomic E-state index is 0.0525. The molecule has 4 nitrogen and oxygen atoms in total. The van der Waals surface area contributed by atoms with Crippen LogP contribution >= 0.6 is 11.3 Å². The second kappa shape index (κ2) is 7.75. The summed E-state index contributed by atoms with van der Waals surface area (Å²) in [6, 6.07) is 18.1. The number of thiophene rings is 1. The highest BCUT2D eigenvalue weighted by atomic mass is 32.1. The van der Waals surface area contributed by atoms with Crippen molar-refractivity contribution in [2.45, 2.75) is 19.4 Å². The van der Waals surface area contributed by atoms with Gasteiger partial charge >= 0.3 is 0 Å². The Kier molecular flexibility index (Phi) is 5.23. The highest BCUT2D eigenvalue weighted by Gasteiger charge is 2.07. The average Bonchev–Trinajstić information content (AvgIpc) is 3.10. The van der Waals surface area contributed by atoms with Crippen LogP contribution in [0.15, 0.2) is 66.2 Å². The third-order valence-electron chi connectivity index (χ3n) is 3.63. The SMILES string of the molecule is CC(Nc1ccc(NC(=O)Cc2cccs2)nc1)c1ccccc1. The van der Waals surface area contributed by atoms with Crippen LogP contribution in [-0.2, 0) is 11.2 Å². The Bertz CT molecular complexity index is 770. The summed E-state index contributed by atoms with van der Waals surface area (Å²) in [5, 5.41) is 8.19. The van der Waals surface area contributed by atoms with Crippen LogP contribution in [0.25, 0.3) is 0 Å². The molecule has 1 unspecified atom stereocenters. The molecule has 1 amide bonds. The molecule has 2 heterocycles. The molecule has 24 heavy (non-hydrogen) atoms. The Labute approximate surface area is 145 Å². The zero-order valence-corrected chi connectivity index (χ0v) is 14.2. The molecule has 0 spiro atoms. The maximum atomic E-state index is 12.0. The van der Waals surface area contributed by atoms with E-state index in [2.05, 4.69) is 34.7 Å². The van der Waals surface area contributed by atoms with Crippen LogP contribution in [0.1, 0.15) is 23.4 Å². The standard InChI is InChI=1S/C19H19N3OS/c1-14(15-6-3-2-4-7-15)21-16-9-10-18(20-13-16)22-19(23)12-17-8-5-11-24-17/h2-11,13-14,21H,12H2,1H3,(H,20,22,23). The molecule has 2 N–H and O–H groups in total. The van der Waals surface area contributed by atoms with Crippen molar-refractivity contribution in [2.75, 3.05) is 10.6 Å². The van der Waals surface area contributed by atoms with Crippen molar-refractivity contribution in [3.8, 4) is 0 Å². The Morgan fingerprint density at radius 1 is 1.12 bits per heavy atom. The summed E-state index contributed by atoms with van der Waals surface area (Å²) in [7, 11) is 0. The predicted molar refractivity (Wildman–Crippen MR) is 99.4 cm³/mol. The average molecular weight is 337 g/mol. The first kappa shape index (κ1) is 16.2. The number of rotatable bonds is 6. The Morgan fingerprint density at radius 3 is 2.62 bits per heavy atom. The van der Waals surface area contributed by atoms with Crippen LogP contribution in [0.5, 0.6) is 0 Å². The van der Waals surface area contributed by atoms with E-state index in [1.807, 2.05) is 47.8 Å². The molecule has 0 bridgehead atoms. The van der Waals surface area contributed by atoms with Gasteiger partial charge in [0.1, 0.15) is 5.82 Å². The van der Waals surface area contributed by atoms with E-state index in [-0.39, 0.29) is 11.9 Å². The monoisotopic (exact) mass is 337 g/mol. The summed E-state index contributed by atoms with van der Waals surface area (Å²) in [6.07, 6.45) is 2.12. The lowest BCUT2D eigenvalue weighted by atomic mass is 10.1. The van der Waals surface area contributed by atoms with Gasteiger partial charge in [-0.25, -0.2) is 4.98 Å². The van der Waals surface area contributed by atoms with Gasteiger partial charge in [-0.05, 0) is 36.1 Å². The Balaban J connectivity index is 1.56. The van der Waals surface area contributed by atoms with E-state index in [0.29, 0.717) is 12.2 Å². The number of carbonyl (C=O) groups excluding carboxylic acids is 1. The van der Waals surface area contributed by atoms with Gasteiger partial charge in [-0.15, -0.1) is 11.3 Å². The van der Waals surface area contributed by atoms with Gasteiger partial charge < -0.3 is 10.6 Å². The van der Waals surface area contributed by atoms with Crippen LogP contribution in [0.4, 0.5) is 11.5 Å². The molecule has 1 aromatic carbocycles. The molecule has 0 saturated carbocycles. The van der Waals surface area contributed by atoms with E-state index in [0.717, 1.165) is 10.6 Å². The van der Waals surface area contributed by atoms with Gasteiger partial charge in [0.25, 0.3) is 0 Å². The largest absolute Gasteiger partial charge is 0.377 e. The zero-order valence-electron chi connectivity index (χ0n) is 13.4. The lowest BCUT2D eigenvalue weighted by molar-refractivity contribution is -0.115. The Morgan fingerprint density at radius 2 is 1.96 bits per heavy atom. The van der Waals surface area contributed by atoms with E-state index in [1.165, 1.54) is 5.56 Å². The fraction of sp³-hybridized carbons (Fsp3) is 0.158. The molecule has 1 atom stereocenters. The summed E-state index contributed by atoms with van der Waals surface area (Å²) in [5.41, 5.74) is 2.13. The molecule has 5 heteroatoms. The van der Waals surface area contributed by atoms with Crippen molar-refractivity contribution in [1.29, 1.82) is 0 Å². The minimum atomic E-state index is -0.0525. The topological polar surface area (TPSA) is 54.0 Å². The summed E-state index contributed by atoms with van der Waals surface area (Å²) in [5.74, 6) is 0.512. The smallest absolute Gasteiger partial charge is 0.230 e. The van der Waals surface area contributed by atoms with Gasteiger partial charge in [0.05, 0.1) is 18.3 Å². The number of amides is 1. The second-order valence-electron chi connectivity index (χ2n) is 5.51. The van der Waals surface area contributed by atoms with E-state index in [1.54, 1.807) is 17.5 Å². The molecule has 0 radical (unpaired) electrons. The normalized spacial score (nSPS) is 11.7. The highest BCUT2D eigenvalue weighted by Crippen LogP contribution is 2.19. The van der Waals surface area contributed by atoms with Gasteiger partial charge in [0.2, 0.25) is 5.91 Å². The van der Waals surface area contributed by atoms with Crippen LogP contribution in [0.2, 0.25) is 0 Å². The molecule has 122 valence electrons. The summed E-state index contributed by atoms with van der Waals surface area (Å²) in [6.45, 7) is 2.10. The Hall–Kier alpha value is -2.66. The van der Waals surface area contributed by atoms with Gasteiger partial charge in [-0.2, -0.15) is 0 Å². The molecule has 2 aromatic heterocycles. The number of hydrogen-bond acceptors (Lipinski definition) is 4. The molecule has 0 saturated heterocycles. The maximum Gasteiger partial charge on any atom is 0.230 e. The zero-order chi connectivity index (χ0) is 16.8. The lowest BCUT2D eigenvalue weighted by Crippen LogP contribution is -2.14. The van der Waals surface area contributed by atoms with Gasteiger partial charge in [0, 0.05) is 10.9 Å². The number of benzene rings is 1. The van der Waals surface area contributed by atoms with Crippen molar-refractivity contribution >= 4 is 28.7 Å². The number of nitrogens with zero attached hydrogens (tertiary/aromatic N) is 1. The molecular weight excluding hydrogens is 318 g/mol. The maximum absolute atomic E-state index is 12.0. The first-order valence-corrected chi connectivity index (χ1v) is 8.68. The van der Waals surface area contributed by atoms with Crippen molar-refractivity contribution in [2.24, 2.45) is 0 Å². The van der Waals surface area contributed by atoms with Gasteiger partial charge in [-0.3, -0.25) is 4.79 Å². The summed E-state index contributed by atoms with van der Waals surface area (Å²) in [4.78, 5) is 17.3. The predicted octanol–water partition coefficient (Wildman–Crippen LogP) is 4.50. The minimum Gasteiger partial charge on any atom is -0.377 e. The van der Waals surface area contributed by atoms with Crippen molar-refractivity contribution in [3.63, 3.8) is 0 Å². The van der Waals surface area contributed by atoms with Crippen molar-refractivity contribution in [1.82, 2.24) is 4.98 Å². The number of carbonyl (C=O) groups is 1. The third kappa shape index (κ3) is 4.43. The fourth-order valence-electron chi connectivity index (χ4n) is 2.39. The summed E-state index contributed by atoms with van der Waals surface area (Å²) < 4.78 is 0. The molecular formula is C19H19N3OS. The summed E-state index contributed by atoms with van der Waals surface area (Å²) >= 11 is 1.58. The van der Waals surface area contributed by atoms with Crippen molar-refractivity contribution in [3.05, 3.63) is 76.6 Å². The number of anilines is 2. The molecule has 0 aliphatic carbocycles. The van der Waals surface area contributed by atoms with Crippen LogP contribution in [0.3, 0.4) is 0 Å². The molecule has 3 aromatic rings. The third-order valence-corrected chi connectivity index (χ3v) is 4.50. The number of nitrogens with one attached hydrogen (secondary N) is 2. The van der Waals surface area contributed by atoms with E-state index in [9.17, 15) is 4.79 Å². The highest BCUT2D eigenvalue weighted by molar-refractivity contribution is 7.10. The van der Waals surface area contributed by atoms with Crippen LogP contribution in [-0.4, -0.2) is 10.9 Å². The lowest BCUT2D eigenvalue weighted by Gasteiger charge is -2.15. The first-order valence-electron chi connectivity index (χ1n) is 7.80. The van der Waals surface area contributed by atoms with Crippen molar-refractivity contribution < 1.29 is 4.79 Å². The quantitative estimate of drug-likeness (QED) is 0.696. The van der Waals surface area contributed by atoms with E-state index < -0.39 is 0 Å². The molecule has 0 aliphatic heterocycles. The fourth-order valence-corrected chi connectivity index (χ4v) is 3.09. The molecule has 3 rings (SSSR count). The van der Waals surface area contributed by atoms with Crippen LogP contribution in [0, 0.1) is 0 Å². The molecule has 0 aliphatic rings. The molecule has 0 fully saturated rings.